The molecule has 3 rings (SSSR count). The molecule has 2 aromatic rings. The van der Waals surface area contributed by atoms with Gasteiger partial charge in [0, 0.05) is 25.2 Å². The molecule has 1 fully saturated rings. The lowest BCUT2D eigenvalue weighted by Gasteiger charge is -2.34. The van der Waals surface area contributed by atoms with Gasteiger partial charge in [0.1, 0.15) is 4.88 Å². The number of aromatic nitrogens is 1. The second-order valence-electron chi connectivity index (χ2n) is 6.28. The minimum Gasteiger partial charge on any atom is -0.480 e. The monoisotopic (exact) mass is 375 g/mol. The zero-order valence-corrected chi connectivity index (χ0v) is 15.3. The highest BCUT2D eigenvalue weighted by Crippen LogP contribution is 2.23. The zero-order chi connectivity index (χ0) is 18.5. The minimum atomic E-state index is -0.880. The smallest absolute Gasteiger partial charge is 0.317 e. The number of ether oxygens (including phenoxy) is 1. The van der Waals surface area contributed by atoms with Gasteiger partial charge in [-0.2, -0.15) is 4.37 Å². The van der Waals surface area contributed by atoms with Gasteiger partial charge in [-0.15, -0.1) is 0 Å². The number of carbonyl (C=O) groups is 2. The first-order valence-corrected chi connectivity index (χ1v) is 9.13. The molecular weight excluding hydrogens is 354 g/mol. The average molecular weight is 375 g/mol. The Bertz CT molecular complexity index is 765. The third-order valence-corrected chi connectivity index (χ3v) is 4.91. The van der Waals surface area contributed by atoms with Crippen LogP contribution in [0.1, 0.15) is 9.67 Å². The first kappa shape index (κ1) is 18.5. The van der Waals surface area contributed by atoms with E-state index in [0.29, 0.717) is 31.1 Å². The number of rotatable bonds is 6. The van der Waals surface area contributed by atoms with E-state index in [1.165, 1.54) is 11.5 Å². The quantitative estimate of drug-likeness (QED) is 0.827. The van der Waals surface area contributed by atoms with Crippen molar-refractivity contribution in [1.82, 2.24) is 14.2 Å². The van der Waals surface area contributed by atoms with Crippen LogP contribution in [0.5, 0.6) is 0 Å². The van der Waals surface area contributed by atoms with Crippen molar-refractivity contribution in [2.75, 3.05) is 39.8 Å². The molecule has 2 heterocycles. The molecule has 1 saturated heterocycles. The van der Waals surface area contributed by atoms with Crippen LogP contribution in [0.4, 0.5) is 0 Å². The molecule has 1 aromatic heterocycles. The van der Waals surface area contributed by atoms with Gasteiger partial charge in [-0.05, 0) is 24.6 Å². The molecule has 1 atom stereocenters. The molecule has 1 N–H and O–H groups in total. The number of carboxylic acid groups (broad SMARTS) is 1. The number of nitrogens with zero attached hydrogens (tertiary/aromatic N) is 3. The summed E-state index contributed by atoms with van der Waals surface area (Å²) in [6, 6.07) is 11.6. The molecule has 26 heavy (non-hydrogen) atoms. The zero-order valence-electron chi connectivity index (χ0n) is 14.5. The van der Waals surface area contributed by atoms with Gasteiger partial charge in [-0.3, -0.25) is 14.5 Å². The Balaban J connectivity index is 1.62. The van der Waals surface area contributed by atoms with Crippen molar-refractivity contribution >= 4 is 23.4 Å². The highest BCUT2D eigenvalue weighted by atomic mass is 32.1. The highest BCUT2D eigenvalue weighted by molar-refractivity contribution is 7.08. The third-order valence-electron chi connectivity index (χ3n) is 4.14. The molecule has 1 aromatic carbocycles. The van der Waals surface area contributed by atoms with E-state index in [-0.39, 0.29) is 18.6 Å². The Kier molecular flexibility index (Phi) is 5.97. The summed E-state index contributed by atoms with van der Waals surface area (Å²) < 4.78 is 10.1. The molecular formula is C18H21N3O4S. The SMILES string of the molecule is CN(CC(=O)O)CC1CN(C(=O)c2cc(-c3ccccc3)ns2)CCO1. The van der Waals surface area contributed by atoms with E-state index in [4.69, 9.17) is 9.84 Å². The number of likely N-dealkylation sites (N-methyl/N-ethyl adjacent to an activating group) is 1. The predicted molar refractivity (Wildman–Crippen MR) is 98.3 cm³/mol. The van der Waals surface area contributed by atoms with Crippen molar-refractivity contribution in [2.24, 2.45) is 0 Å². The first-order chi connectivity index (χ1) is 12.5. The number of hydrogen-bond acceptors (Lipinski definition) is 6. The van der Waals surface area contributed by atoms with E-state index in [1.807, 2.05) is 36.4 Å². The largest absolute Gasteiger partial charge is 0.480 e. The molecule has 0 radical (unpaired) electrons. The highest BCUT2D eigenvalue weighted by Gasteiger charge is 2.27. The molecule has 138 valence electrons. The van der Waals surface area contributed by atoms with E-state index >= 15 is 0 Å². The topological polar surface area (TPSA) is 83.0 Å². The maximum absolute atomic E-state index is 12.8. The van der Waals surface area contributed by atoms with Crippen molar-refractivity contribution in [3.8, 4) is 11.3 Å². The maximum Gasteiger partial charge on any atom is 0.317 e. The van der Waals surface area contributed by atoms with Crippen LogP contribution in [0.3, 0.4) is 0 Å². The lowest BCUT2D eigenvalue weighted by molar-refractivity contribution is -0.138. The van der Waals surface area contributed by atoms with Crippen molar-refractivity contribution in [3.05, 3.63) is 41.3 Å². The molecule has 0 bridgehead atoms. The van der Waals surface area contributed by atoms with Gasteiger partial charge in [-0.25, -0.2) is 0 Å². The molecule has 1 aliphatic rings. The number of carbonyl (C=O) groups excluding carboxylic acids is 1. The summed E-state index contributed by atoms with van der Waals surface area (Å²) in [5, 5.41) is 8.85. The van der Waals surface area contributed by atoms with E-state index in [1.54, 1.807) is 16.8 Å². The number of hydrogen-bond donors (Lipinski definition) is 1. The number of amides is 1. The number of aliphatic carboxylic acids is 1. The summed E-state index contributed by atoms with van der Waals surface area (Å²) in [6.45, 7) is 1.83. The van der Waals surface area contributed by atoms with Crippen molar-refractivity contribution in [3.63, 3.8) is 0 Å². The Morgan fingerprint density at radius 3 is 2.88 bits per heavy atom. The van der Waals surface area contributed by atoms with Crippen molar-refractivity contribution in [1.29, 1.82) is 0 Å². The molecule has 1 aliphatic heterocycles. The molecule has 1 amide bonds. The van der Waals surface area contributed by atoms with Crippen LogP contribution < -0.4 is 0 Å². The fourth-order valence-corrected chi connectivity index (χ4v) is 3.66. The van der Waals surface area contributed by atoms with Crippen molar-refractivity contribution < 1.29 is 19.4 Å². The molecule has 0 spiro atoms. The van der Waals surface area contributed by atoms with Crippen LogP contribution in [0.25, 0.3) is 11.3 Å². The Labute approximate surface area is 156 Å². The summed E-state index contributed by atoms with van der Waals surface area (Å²) in [4.78, 5) is 27.6. The predicted octanol–water partition coefficient (Wildman–Crippen LogP) is 1.67. The summed E-state index contributed by atoms with van der Waals surface area (Å²) in [5.41, 5.74) is 1.78. The lowest BCUT2D eigenvalue weighted by atomic mass is 10.1. The fraction of sp³-hybridized carbons (Fsp3) is 0.389. The Morgan fingerprint density at radius 2 is 2.15 bits per heavy atom. The molecule has 0 saturated carbocycles. The van der Waals surface area contributed by atoms with E-state index in [2.05, 4.69) is 4.37 Å². The van der Waals surface area contributed by atoms with E-state index in [9.17, 15) is 9.59 Å². The van der Waals surface area contributed by atoms with Gasteiger partial charge in [0.2, 0.25) is 0 Å². The molecule has 0 aliphatic carbocycles. The van der Waals surface area contributed by atoms with E-state index in [0.717, 1.165) is 11.3 Å². The van der Waals surface area contributed by atoms with Gasteiger partial charge in [0.25, 0.3) is 5.91 Å². The van der Waals surface area contributed by atoms with E-state index < -0.39 is 5.97 Å². The molecule has 1 unspecified atom stereocenters. The summed E-state index contributed by atoms with van der Waals surface area (Å²) in [6.07, 6.45) is -0.196. The minimum absolute atomic E-state index is 0.0525. The second kappa shape index (κ2) is 8.39. The lowest BCUT2D eigenvalue weighted by Crippen LogP contribution is -2.49. The van der Waals surface area contributed by atoms with Gasteiger partial charge >= 0.3 is 5.97 Å². The standard InChI is InChI=1S/C18H21N3O4S/c1-20(12-17(22)23)10-14-11-21(7-8-25-14)18(24)16-9-15(19-26-16)13-5-3-2-4-6-13/h2-6,9,14H,7-8,10-12H2,1H3,(H,22,23). The third kappa shape index (κ3) is 4.66. The summed E-state index contributed by atoms with van der Waals surface area (Å²) in [7, 11) is 1.73. The molecule has 7 nitrogen and oxygen atoms in total. The number of carboxylic acids is 1. The van der Waals surface area contributed by atoms with Gasteiger partial charge in [-0.1, -0.05) is 30.3 Å². The summed E-state index contributed by atoms with van der Waals surface area (Å²) in [5.74, 6) is -0.937. The Hall–Kier alpha value is -2.29. The van der Waals surface area contributed by atoms with Gasteiger partial charge in [0.15, 0.2) is 0 Å². The average Bonchev–Trinajstić information content (AvgIpc) is 3.11. The van der Waals surface area contributed by atoms with Crippen LogP contribution in [0, 0.1) is 0 Å². The maximum atomic E-state index is 12.8. The Morgan fingerprint density at radius 1 is 1.38 bits per heavy atom. The van der Waals surface area contributed by atoms with Gasteiger partial charge in [0.05, 0.1) is 24.9 Å². The van der Waals surface area contributed by atoms with Crippen LogP contribution in [-0.2, 0) is 9.53 Å². The van der Waals surface area contributed by atoms with Gasteiger partial charge < -0.3 is 14.7 Å². The first-order valence-electron chi connectivity index (χ1n) is 8.36. The molecule has 8 heteroatoms. The van der Waals surface area contributed by atoms with Crippen LogP contribution in [0.2, 0.25) is 0 Å². The van der Waals surface area contributed by atoms with Crippen molar-refractivity contribution in [2.45, 2.75) is 6.10 Å². The van der Waals surface area contributed by atoms with Crippen LogP contribution in [0.15, 0.2) is 36.4 Å². The number of morpholine rings is 1. The van der Waals surface area contributed by atoms with Crippen LogP contribution in [-0.4, -0.2) is 77.1 Å². The van der Waals surface area contributed by atoms with Crippen LogP contribution >= 0.6 is 11.5 Å². The second-order valence-corrected chi connectivity index (χ2v) is 7.08. The summed E-state index contributed by atoms with van der Waals surface area (Å²) >= 11 is 1.20. The number of benzene rings is 1. The fourth-order valence-electron chi connectivity index (χ4n) is 2.93. The normalized spacial score (nSPS) is 17.5.